The van der Waals surface area contributed by atoms with Crippen molar-refractivity contribution in [3.8, 4) is 0 Å². The SMILES string of the molecule is C.C[CH-]C.C[CH-]C.Cc1[c-]cc(CO)cc1.Cc1cc[c-]cc1CO.[Y].[Y]. The van der Waals surface area contributed by atoms with Crippen LogP contribution in [-0.4, -0.2) is 10.2 Å². The average Bonchev–Trinajstić information content (AvgIpc) is 2.58. The van der Waals surface area contributed by atoms with Crippen LogP contribution in [0.3, 0.4) is 0 Å². The maximum atomic E-state index is 8.70. The molecule has 0 unspecified atom stereocenters. The third-order valence-corrected chi connectivity index (χ3v) is 2.58. The summed E-state index contributed by atoms with van der Waals surface area (Å²) in [5.41, 5.74) is 4.10. The molecule has 2 aromatic rings. The zero-order valence-corrected chi connectivity index (χ0v) is 22.8. The first-order valence-corrected chi connectivity index (χ1v) is 8.13. The average molecular weight is 522 g/mol. The van der Waals surface area contributed by atoms with Gasteiger partial charge in [0.1, 0.15) is 0 Å². The number of aryl methyl sites for hydroxylation is 2. The molecule has 2 N–H and O–H groups in total. The van der Waals surface area contributed by atoms with Crippen molar-refractivity contribution in [1.29, 1.82) is 0 Å². The van der Waals surface area contributed by atoms with Crippen molar-refractivity contribution in [2.45, 2.75) is 62.2 Å². The molecule has 0 spiro atoms. The Bertz CT molecular complexity index is 498. The molecule has 0 saturated carbocycles. The Morgan fingerprint density at radius 2 is 1.37 bits per heavy atom. The number of benzene rings is 2. The van der Waals surface area contributed by atoms with E-state index < -0.39 is 0 Å². The number of aliphatic hydroxyl groups is 2. The zero-order chi connectivity index (χ0) is 18.8. The first kappa shape index (κ1) is 38.2. The summed E-state index contributed by atoms with van der Waals surface area (Å²) in [5, 5.41) is 17.3. The van der Waals surface area contributed by atoms with Crippen LogP contribution in [0.1, 0.15) is 57.4 Å². The van der Waals surface area contributed by atoms with E-state index in [4.69, 9.17) is 10.2 Å². The van der Waals surface area contributed by atoms with Gasteiger partial charge in [0, 0.05) is 78.6 Å². The minimum atomic E-state index is 0. The fraction of sp³-hybridized carbons (Fsp3) is 0.391. The minimum absolute atomic E-state index is 0. The van der Waals surface area contributed by atoms with E-state index in [0.717, 1.165) is 22.3 Å². The standard InChI is InChI=1S/2C8H9O.2C3H7.CH4.2Y/c1-7-2-4-8(6-9)5-3-7;1-7-4-2-3-5-8(7)6-9;2*1-3-2;;;/h2*2,4-5,9H,6H2,1H3;2*3H,1-2H3;1H4;;/q4*-1;;;. The van der Waals surface area contributed by atoms with Crippen molar-refractivity contribution in [1.82, 2.24) is 0 Å². The molecule has 0 aliphatic rings. The van der Waals surface area contributed by atoms with Gasteiger partial charge in [-0.3, -0.25) is 0 Å². The number of aliphatic hydroxyl groups excluding tert-OH is 2. The Balaban J connectivity index is -0.0000000856. The smallest absolute Gasteiger partial charge is 0.0241 e. The Hall–Kier alpha value is 0.568. The zero-order valence-electron chi connectivity index (χ0n) is 17.1. The maximum absolute atomic E-state index is 8.70. The molecular formula is C23H36O2Y2-4. The van der Waals surface area contributed by atoms with Crippen molar-refractivity contribution in [3.05, 3.63) is 83.6 Å². The van der Waals surface area contributed by atoms with E-state index in [0.29, 0.717) is 0 Å². The van der Waals surface area contributed by atoms with Crippen LogP contribution in [0.2, 0.25) is 0 Å². The van der Waals surface area contributed by atoms with Crippen LogP contribution >= 0.6 is 0 Å². The largest absolute Gasteiger partial charge is 0.404 e. The molecule has 0 atom stereocenters. The van der Waals surface area contributed by atoms with Crippen LogP contribution in [0.5, 0.6) is 0 Å². The van der Waals surface area contributed by atoms with Gasteiger partial charge in [-0.1, -0.05) is 21.3 Å². The molecule has 2 radical (unpaired) electrons. The van der Waals surface area contributed by atoms with Gasteiger partial charge in [-0.05, 0) is 0 Å². The van der Waals surface area contributed by atoms with Gasteiger partial charge in [-0.25, -0.2) is 0 Å². The van der Waals surface area contributed by atoms with E-state index in [1.807, 2.05) is 78.6 Å². The van der Waals surface area contributed by atoms with Gasteiger partial charge in [-0.15, -0.1) is 11.1 Å². The van der Waals surface area contributed by atoms with Crippen molar-refractivity contribution in [3.63, 3.8) is 0 Å². The molecule has 4 heteroatoms. The minimum Gasteiger partial charge on any atom is -0.404 e. The normalized spacial score (nSPS) is 7.70. The maximum Gasteiger partial charge on any atom is 0.0241 e. The van der Waals surface area contributed by atoms with Gasteiger partial charge >= 0.3 is 0 Å². The van der Waals surface area contributed by atoms with Gasteiger partial charge in [0.25, 0.3) is 0 Å². The van der Waals surface area contributed by atoms with E-state index >= 15 is 0 Å². The topological polar surface area (TPSA) is 40.5 Å². The van der Waals surface area contributed by atoms with E-state index in [-0.39, 0.29) is 86.1 Å². The Morgan fingerprint density at radius 3 is 1.67 bits per heavy atom. The quantitative estimate of drug-likeness (QED) is 0.500. The van der Waals surface area contributed by atoms with Crippen LogP contribution < -0.4 is 0 Å². The summed E-state index contributed by atoms with van der Waals surface area (Å²) in [6, 6.07) is 17.1. The molecule has 0 saturated heterocycles. The van der Waals surface area contributed by atoms with Crippen LogP contribution in [0.25, 0.3) is 0 Å². The van der Waals surface area contributed by atoms with Crippen molar-refractivity contribution < 1.29 is 75.6 Å². The predicted molar refractivity (Wildman–Crippen MR) is 110 cm³/mol. The van der Waals surface area contributed by atoms with Crippen molar-refractivity contribution in [2.75, 3.05) is 0 Å². The van der Waals surface area contributed by atoms with E-state index in [1.165, 1.54) is 0 Å². The van der Waals surface area contributed by atoms with Crippen LogP contribution in [0.4, 0.5) is 0 Å². The summed E-state index contributed by atoms with van der Waals surface area (Å²) in [4.78, 5) is 0. The number of rotatable bonds is 2. The fourth-order valence-electron chi connectivity index (χ4n) is 1.35. The first-order chi connectivity index (χ1) is 11.5. The summed E-state index contributed by atoms with van der Waals surface area (Å²) in [7, 11) is 0. The molecule has 0 bridgehead atoms. The molecule has 0 amide bonds. The molecular weight excluding hydrogens is 486 g/mol. The monoisotopic (exact) mass is 522 g/mol. The van der Waals surface area contributed by atoms with Crippen LogP contribution in [0, 0.1) is 38.8 Å². The fourth-order valence-corrected chi connectivity index (χ4v) is 1.35. The Labute approximate surface area is 219 Å². The number of hydrogen-bond donors (Lipinski definition) is 2. The van der Waals surface area contributed by atoms with E-state index in [1.54, 1.807) is 12.1 Å². The van der Waals surface area contributed by atoms with Crippen molar-refractivity contribution in [2.24, 2.45) is 0 Å². The molecule has 0 aromatic heterocycles. The molecule has 0 aliphatic heterocycles. The molecule has 2 rings (SSSR count). The molecule has 0 fully saturated rings. The van der Waals surface area contributed by atoms with Crippen LogP contribution in [-0.2, 0) is 78.6 Å². The van der Waals surface area contributed by atoms with Crippen molar-refractivity contribution >= 4 is 0 Å². The summed E-state index contributed by atoms with van der Waals surface area (Å²) < 4.78 is 0. The third kappa shape index (κ3) is 24.5. The Morgan fingerprint density at radius 1 is 0.852 bits per heavy atom. The van der Waals surface area contributed by atoms with Gasteiger partial charge in [0.2, 0.25) is 0 Å². The van der Waals surface area contributed by atoms with E-state index in [2.05, 4.69) is 12.1 Å². The summed E-state index contributed by atoms with van der Waals surface area (Å²) in [6.07, 6.45) is 4.00. The van der Waals surface area contributed by atoms with Crippen LogP contribution in [0.15, 0.2) is 36.4 Å². The van der Waals surface area contributed by atoms with Gasteiger partial charge in [0.15, 0.2) is 0 Å². The molecule has 27 heavy (non-hydrogen) atoms. The second-order valence-corrected chi connectivity index (χ2v) is 5.20. The number of hydrogen-bond acceptors (Lipinski definition) is 2. The molecule has 150 valence electrons. The van der Waals surface area contributed by atoms with E-state index in [9.17, 15) is 0 Å². The molecule has 2 nitrogen and oxygen atoms in total. The molecule has 2 aromatic carbocycles. The first-order valence-electron chi connectivity index (χ1n) is 8.13. The second kappa shape index (κ2) is 28.8. The van der Waals surface area contributed by atoms with Gasteiger partial charge in [0.05, 0.1) is 0 Å². The predicted octanol–water partition coefficient (Wildman–Crippen LogP) is 5.67. The summed E-state index contributed by atoms with van der Waals surface area (Å²) in [5.74, 6) is 0. The molecule has 0 aliphatic carbocycles. The summed E-state index contributed by atoms with van der Waals surface area (Å²) in [6.45, 7) is 12.2. The Kier molecular flexibility index (Phi) is 40.7. The van der Waals surface area contributed by atoms with Gasteiger partial charge in [-0.2, -0.15) is 87.4 Å². The third-order valence-electron chi connectivity index (χ3n) is 2.58. The summed E-state index contributed by atoms with van der Waals surface area (Å²) >= 11 is 0. The second-order valence-electron chi connectivity index (χ2n) is 5.20. The van der Waals surface area contributed by atoms with Gasteiger partial charge < -0.3 is 23.1 Å². The molecule has 0 heterocycles.